The summed E-state index contributed by atoms with van der Waals surface area (Å²) < 4.78 is 6.50. The molecular formula is C39H58N4O5S. The highest BCUT2D eigenvalue weighted by Crippen LogP contribution is 2.61. The molecule has 0 heterocycles. The number of fused-ring (bicyclic) bond motifs is 2. The molecule has 8 atom stereocenters. The standard InChI is InChI=1S/C39H58N4O5S/c1-25-14-16-39(17-15-26(2)44)23-38(25,5)33(48-34(45)22-49-31-12-10-29(20-40)11-13-31)19-37(4,35(46)27(39)3)24-43-21-30-8-6-28(7-9-30)18-32(41)36(42)47/h6-13,25,27,32-33,35,43,46H,14-24,40-41H2,1-5H3,(H2,42,47)/t25-,27+,32?,33-,35+,37-,38+,39-/m1/s1. The number of ether oxygens (including phenoxy) is 1. The van der Waals surface area contributed by atoms with Crippen molar-refractivity contribution in [2.24, 2.45) is 45.3 Å². The van der Waals surface area contributed by atoms with Crippen molar-refractivity contribution < 1.29 is 24.2 Å². The van der Waals surface area contributed by atoms with Crippen molar-refractivity contribution in [3.8, 4) is 0 Å². The zero-order valence-corrected chi connectivity index (χ0v) is 30.8. The van der Waals surface area contributed by atoms with Gasteiger partial charge in [0.15, 0.2) is 0 Å². The average molecular weight is 695 g/mol. The molecule has 2 fully saturated rings. The number of nitrogens with one attached hydrogen (secondary N) is 1. The Hall–Kier alpha value is -2.76. The molecule has 2 aromatic rings. The zero-order chi connectivity index (χ0) is 36.0. The normalized spacial score (nSPS) is 30.5. The van der Waals surface area contributed by atoms with Crippen LogP contribution in [0.3, 0.4) is 0 Å². The average Bonchev–Trinajstić information content (AvgIpc) is 3.07. The van der Waals surface area contributed by atoms with Crippen molar-refractivity contribution in [1.82, 2.24) is 5.32 Å². The molecule has 0 saturated heterocycles. The van der Waals surface area contributed by atoms with Gasteiger partial charge in [0.05, 0.1) is 17.9 Å². The Balaban J connectivity index is 1.57. The van der Waals surface area contributed by atoms with Gasteiger partial charge in [-0.25, -0.2) is 0 Å². The maximum Gasteiger partial charge on any atom is 0.316 e. The van der Waals surface area contributed by atoms with Crippen LogP contribution in [0.25, 0.3) is 0 Å². The molecule has 10 heteroatoms. The topological polar surface area (TPSA) is 171 Å². The summed E-state index contributed by atoms with van der Waals surface area (Å²) in [5, 5.41) is 15.9. The second kappa shape index (κ2) is 16.5. The maximum atomic E-state index is 13.6. The van der Waals surface area contributed by atoms with E-state index in [1.54, 1.807) is 6.92 Å². The largest absolute Gasteiger partial charge is 0.461 e. The van der Waals surface area contributed by atoms with Gasteiger partial charge in [-0.1, -0.05) is 64.1 Å². The van der Waals surface area contributed by atoms with E-state index >= 15 is 0 Å². The molecule has 1 unspecified atom stereocenters. The fraction of sp³-hybridized carbons (Fsp3) is 0.615. The van der Waals surface area contributed by atoms with Crippen LogP contribution in [0.15, 0.2) is 53.4 Å². The molecule has 0 spiro atoms. The highest BCUT2D eigenvalue weighted by atomic mass is 32.2. The Morgan fingerprint density at radius 1 is 1.04 bits per heavy atom. The number of primary amides is 1. The first kappa shape index (κ1) is 39.0. The van der Waals surface area contributed by atoms with Crippen molar-refractivity contribution in [3.63, 3.8) is 0 Å². The molecule has 2 bridgehead atoms. The molecule has 2 aliphatic carbocycles. The summed E-state index contributed by atoms with van der Waals surface area (Å²) in [6.45, 7) is 12.0. The number of hydrogen-bond donors (Lipinski definition) is 5. The number of aliphatic hydroxyl groups excluding tert-OH is 1. The van der Waals surface area contributed by atoms with Gasteiger partial charge in [-0.15, -0.1) is 11.8 Å². The SMILES string of the molecule is CC(=O)CC[C@]12CC[C@@H](C)[C@](C)(C1)[C@H](OC(=O)CSc1ccc(CN)cc1)C[C@](C)(CNCc1ccc(CC(N)C(N)=O)cc1)[C@@H](O)[C@@H]2C. The number of ketones is 1. The quantitative estimate of drug-likeness (QED) is 0.129. The van der Waals surface area contributed by atoms with E-state index in [4.69, 9.17) is 21.9 Å². The lowest BCUT2D eigenvalue weighted by Gasteiger charge is -2.60. The number of rotatable bonds is 15. The molecule has 0 aliphatic heterocycles. The summed E-state index contributed by atoms with van der Waals surface area (Å²) in [5.41, 5.74) is 18.8. The molecule has 4 rings (SSSR count). The third-order valence-electron chi connectivity index (χ3n) is 11.9. The van der Waals surface area contributed by atoms with Crippen LogP contribution in [0.4, 0.5) is 0 Å². The Morgan fingerprint density at radius 3 is 2.29 bits per heavy atom. The second-order valence-electron chi connectivity index (χ2n) is 15.5. The van der Waals surface area contributed by atoms with E-state index in [9.17, 15) is 19.5 Å². The first-order valence-corrected chi connectivity index (χ1v) is 18.7. The molecule has 0 aromatic heterocycles. The van der Waals surface area contributed by atoms with Gasteiger partial charge < -0.3 is 37.2 Å². The van der Waals surface area contributed by atoms with Crippen LogP contribution in [-0.2, 0) is 38.6 Å². The van der Waals surface area contributed by atoms with Gasteiger partial charge in [0.1, 0.15) is 11.9 Å². The van der Waals surface area contributed by atoms with Crippen LogP contribution in [0.2, 0.25) is 0 Å². The Bertz CT molecular complexity index is 1440. The molecule has 2 aromatic carbocycles. The summed E-state index contributed by atoms with van der Waals surface area (Å²) in [7, 11) is 0. The van der Waals surface area contributed by atoms with Gasteiger partial charge in [-0.3, -0.25) is 9.59 Å². The van der Waals surface area contributed by atoms with Gasteiger partial charge in [-0.2, -0.15) is 0 Å². The minimum absolute atomic E-state index is 0.0528. The summed E-state index contributed by atoms with van der Waals surface area (Å²) in [5.74, 6) is -0.198. The van der Waals surface area contributed by atoms with Crippen molar-refractivity contribution in [2.45, 2.75) is 116 Å². The number of amides is 1. The van der Waals surface area contributed by atoms with E-state index in [-0.39, 0.29) is 34.3 Å². The number of carbonyl (C=O) groups excluding carboxylic acids is 3. The molecule has 8 N–H and O–H groups in total. The van der Waals surface area contributed by atoms with Gasteiger partial charge in [-0.05, 0) is 91.5 Å². The van der Waals surface area contributed by atoms with Gasteiger partial charge in [0.25, 0.3) is 0 Å². The number of benzene rings is 2. The second-order valence-corrected chi connectivity index (χ2v) is 16.6. The molecule has 1 amide bonds. The van der Waals surface area contributed by atoms with E-state index in [0.717, 1.165) is 40.8 Å². The van der Waals surface area contributed by atoms with E-state index in [0.29, 0.717) is 51.2 Å². The minimum Gasteiger partial charge on any atom is -0.461 e. The third-order valence-corrected chi connectivity index (χ3v) is 12.9. The fourth-order valence-electron chi connectivity index (χ4n) is 8.31. The molecule has 2 aliphatic rings. The van der Waals surface area contributed by atoms with Crippen LogP contribution in [0.5, 0.6) is 0 Å². The predicted molar refractivity (Wildman–Crippen MR) is 195 cm³/mol. The van der Waals surface area contributed by atoms with E-state index < -0.39 is 29.6 Å². The van der Waals surface area contributed by atoms with Crippen LogP contribution in [-0.4, -0.2) is 53.3 Å². The van der Waals surface area contributed by atoms with Gasteiger partial charge in [0, 0.05) is 41.8 Å². The van der Waals surface area contributed by atoms with Crippen molar-refractivity contribution in [1.29, 1.82) is 0 Å². The molecule has 49 heavy (non-hydrogen) atoms. The Morgan fingerprint density at radius 2 is 1.67 bits per heavy atom. The van der Waals surface area contributed by atoms with Crippen LogP contribution in [0, 0.1) is 28.1 Å². The summed E-state index contributed by atoms with van der Waals surface area (Å²) in [4.78, 5) is 38.2. The van der Waals surface area contributed by atoms with Crippen LogP contribution < -0.4 is 22.5 Å². The number of esters is 1. The fourth-order valence-corrected chi connectivity index (χ4v) is 8.99. The molecule has 270 valence electrons. The maximum absolute atomic E-state index is 13.6. The van der Waals surface area contributed by atoms with Gasteiger partial charge in [0.2, 0.25) is 5.91 Å². The first-order chi connectivity index (χ1) is 23.1. The minimum atomic E-state index is -0.724. The Labute approximate surface area is 296 Å². The number of carbonyl (C=O) groups is 3. The molecule has 9 nitrogen and oxygen atoms in total. The lowest BCUT2D eigenvalue weighted by Crippen LogP contribution is -2.60. The number of nitrogens with two attached hydrogens (primary N) is 3. The molecule has 0 radical (unpaired) electrons. The van der Waals surface area contributed by atoms with Crippen LogP contribution in [0.1, 0.15) is 89.8 Å². The predicted octanol–water partition coefficient (Wildman–Crippen LogP) is 4.88. The summed E-state index contributed by atoms with van der Waals surface area (Å²) in [6, 6.07) is 15.1. The zero-order valence-electron chi connectivity index (χ0n) is 30.0. The third kappa shape index (κ3) is 9.52. The monoisotopic (exact) mass is 694 g/mol. The number of thioether (sulfide) groups is 1. The molecule has 2 saturated carbocycles. The number of hydrogen-bond acceptors (Lipinski definition) is 9. The Kier molecular flexibility index (Phi) is 13.1. The van der Waals surface area contributed by atoms with E-state index in [1.807, 2.05) is 48.5 Å². The lowest BCUT2D eigenvalue weighted by molar-refractivity contribution is -0.192. The van der Waals surface area contributed by atoms with Gasteiger partial charge >= 0.3 is 5.97 Å². The van der Waals surface area contributed by atoms with Crippen molar-refractivity contribution in [2.75, 3.05) is 12.3 Å². The molecular weight excluding hydrogens is 637 g/mol. The number of aliphatic hydroxyl groups is 1. The van der Waals surface area contributed by atoms with Crippen LogP contribution >= 0.6 is 11.8 Å². The lowest BCUT2D eigenvalue weighted by atomic mass is 9.47. The highest BCUT2D eigenvalue weighted by Gasteiger charge is 2.59. The smallest absolute Gasteiger partial charge is 0.316 e. The number of Topliss-reactive ketones (excluding diaryl/α,β-unsaturated/α-hetero) is 1. The van der Waals surface area contributed by atoms with E-state index in [2.05, 4.69) is 33.0 Å². The first-order valence-electron chi connectivity index (χ1n) is 17.7. The van der Waals surface area contributed by atoms with E-state index in [1.165, 1.54) is 11.8 Å². The summed E-state index contributed by atoms with van der Waals surface area (Å²) in [6.07, 6.45) is 3.68. The van der Waals surface area contributed by atoms with Crippen molar-refractivity contribution >= 4 is 29.4 Å². The van der Waals surface area contributed by atoms with Crippen molar-refractivity contribution in [3.05, 3.63) is 65.2 Å². The summed E-state index contributed by atoms with van der Waals surface area (Å²) >= 11 is 1.45. The highest BCUT2D eigenvalue weighted by molar-refractivity contribution is 8.00.